The molecule has 0 bridgehead atoms. The molecule has 6 nitrogen and oxygen atoms in total. The summed E-state index contributed by atoms with van der Waals surface area (Å²) in [6.07, 6.45) is 3.62. The van der Waals surface area contributed by atoms with Crippen molar-refractivity contribution in [2.75, 3.05) is 17.6 Å². The molecule has 1 aromatic heterocycles. The highest BCUT2D eigenvalue weighted by atomic mass is 16.6. The van der Waals surface area contributed by atoms with E-state index < -0.39 is 4.92 Å². The standard InChI is InChI=1S/C11H16N4O2/c1-11(3-2-4-11)7-13-10-6-8(15(16)17)5-9(12)14-10/h5-6H,2-4,7H2,1H3,(H3,12,13,14). The van der Waals surface area contributed by atoms with Crippen molar-refractivity contribution in [2.24, 2.45) is 5.41 Å². The minimum Gasteiger partial charge on any atom is -0.383 e. The number of nitro groups is 1. The SMILES string of the molecule is CC1(CNc2cc([N+](=O)[O-])cc(N)n2)CCC1. The number of aromatic nitrogens is 1. The molecular weight excluding hydrogens is 220 g/mol. The zero-order chi connectivity index (χ0) is 12.5. The van der Waals surface area contributed by atoms with Crippen molar-refractivity contribution in [1.82, 2.24) is 4.98 Å². The van der Waals surface area contributed by atoms with Gasteiger partial charge < -0.3 is 11.1 Å². The summed E-state index contributed by atoms with van der Waals surface area (Å²) in [5, 5.41) is 13.8. The van der Waals surface area contributed by atoms with Gasteiger partial charge in [-0.05, 0) is 18.3 Å². The molecule has 1 saturated carbocycles. The van der Waals surface area contributed by atoms with E-state index in [1.165, 1.54) is 31.4 Å². The van der Waals surface area contributed by atoms with Gasteiger partial charge in [0.05, 0.1) is 17.1 Å². The third-order valence-electron chi connectivity index (χ3n) is 3.30. The normalized spacial score (nSPS) is 17.2. The van der Waals surface area contributed by atoms with Crippen LogP contribution in [0.2, 0.25) is 0 Å². The lowest BCUT2D eigenvalue weighted by Crippen LogP contribution is -2.33. The molecule has 1 heterocycles. The first-order valence-corrected chi connectivity index (χ1v) is 5.64. The summed E-state index contributed by atoms with van der Waals surface area (Å²) in [4.78, 5) is 14.2. The molecule has 0 atom stereocenters. The van der Waals surface area contributed by atoms with Crippen LogP contribution in [0.15, 0.2) is 12.1 Å². The van der Waals surface area contributed by atoms with Crippen molar-refractivity contribution in [1.29, 1.82) is 0 Å². The second-order valence-corrected chi connectivity index (χ2v) is 4.91. The number of hydrogen-bond donors (Lipinski definition) is 2. The number of nitrogen functional groups attached to an aromatic ring is 1. The zero-order valence-electron chi connectivity index (χ0n) is 9.77. The van der Waals surface area contributed by atoms with Gasteiger partial charge >= 0.3 is 0 Å². The van der Waals surface area contributed by atoms with Crippen molar-refractivity contribution in [3.63, 3.8) is 0 Å². The van der Waals surface area contributed by atoms with Crippen LogP contribution in [-0.2, 0) is 0 Å². The fraction of sp³-hybridized carbons (Fsp3) is 0.545. The Morgan fingerprint density at radius 3 is 2.82 bits per heavy atom. The Bertz CT molecular complexity index is 443. The highest BCUT2D eigenvalue weighted by Gasteiger charge is 2.31. The van der Waals surface area contributed by atoms with Gasteiger partial charge in [-0.2, -0.15) is 0 Å². The van der Waals surface area contributed by atoms with E-state index in [0.717, 1.165) is 6.54 Å². The molecule has 0 amide bonds. The predicted molar refractivity (Wildman–Crippen MR) is 65.8 cm³/mol. The van der Waals surface area contributed by atoms with E-state index >= 15 is 0 Å². The average molecular weight is 236 g/mol. The molecule has 1 aromatic rings. The minimum atomic E-state index is -0.464. The molecule has 0 unspecified atom stereocenters. The fourth-order valence-electron chi connectivity index (χ4n) is 1.99. The maximum Gasteiger partial charge on any atom is 0.276 e. The Kier molecular flexibility index (Phi) is 2.87. The second kappa shape index (κ2) is 4.20. The molecular formula is C11H16N4O2. The summed E-state index contributed by atoms with van der Waals surface area (Å²) >= 11 is 0. The Balaban J connectivity index is 2.07. The molecule has 1 aliphatic carbocycles. The quantitative estimate of drug-likeness (QED) is 0.617. The molecule has 1 fully saturated rings. The summed E-state index contributed by atoms with van der Waals surface area (Å²) in [7, 11) is 0. The second-order valence-electron chi connectivity index (χ2n) is 4.91. The van der Waals surface area contributed by atoms with Gasteiger partial charge in [-0.1, -0.05) is 13.3 Å². The Morgan fingerprint density at radius 2 is 2.29 bits per heavy atom. The Morgan fingerprint density at radius 1 is 1.59 bits per heavy atom. The van der Waals surface area contributed by atoms with Crippen molar-refractivity contribution in [3.8, 4) is 0 Å². The molecule has 92 valence electrons. The van der Waals surface area contributed by atoms with Crippen LogP contribution in [0.25, 0.3) is 0 Å². The first-order chi connectivity index (χ1) is 7.98. The van der Waals surface area contributed by atoms with Gasteiger partial charge in [-0.3, -0.25) is 10.1 Å². The van der Waals surface area contributed by atoms with Gasteiger partial charge in [-0.15, -0.1) is 0 Å². The van der Waals surface area contributed by atoms with Crippen LogP contribution in [0.4, 0.5) is 17.3 Å². The number of hydrogen-bond acceptors (Lipinski definition) is 5. The van der Waals surface area contributed by atoms with Crippen molar-refractivity contribution >= 4 is 17.3 Å². The number of nitrogens with zero attached hydrogens (tertiary/aromatic N) is 2. The molecule has 6 heteroatoms. The van der Waals surface area contributed by atoms with Crippen molar-refractivity contribution < 1.29 is 4.92 Å². The number of rotatable bonds is 4. The topological polar surface area (TPSA) is 94.1 Å². The zero-order valence-corrected chi connectivity index (χ0v) is 9.77. The van der Waals surface area contributed by atoms with Gasteiger partial charge in [-0.25, -0.2) is 4.98 Å². The lowest BCUT2D eigenvalue weighted by atomic mass is 9.70. The third kappa shape index (κ3) is 2.64. The number of nitrogens with one attached hydrogen (secondary N) is 1. The molecule has 2 rings (SSSR count). The maximum absolute atomic E-state index is 10.7. The van der Waals surface area contributed by atoms with E-state index in [1.54, 1.807) is 0 Å². The van der Waals surface area contributed by atoms with Gasteiger partial charge in [0.15, 0.2) is 0 Å². The summed E-state index contributed by atoms with van der Waals surface area (Å²) in [5.74, 6) is 0.644. The van der Waals surface area contributed by atoms with Gasteiger partial charge in [0, 0.05) is 6.54 Å². The van der Waals surface area contributed by atoms with E-state index in [0.29, 0.717) is 11.2 Å². The van der Waals surface area contributed by atoms with Crippen LogP contribution >= 0.6 is 0 Å². The van der Waals surface area contributed by atoms with Crippen LogP contribution in [-0.4, -0.2) is 16.5 Å². The van der Waals surface area contributed by atoms with Crippen LogP contribution in [0.3, 0.4) is 0 Å². The number of pyridine rings is 1. The van der Waals surface area contributed by atoms with Gasteiger partial charge in [0.1, 0.15) is 11.6 Å². The van der Waals surface area contributed by atoms with E-state index in [4.69, 9.17) is 5.73 Å². The van der Waals surface area contributed by atoms with Crippen LogP contribution in [0.5, 0.6) is 0 Å². The third-order valence-corrected chi connectivity index (χ3v) is 3.30. The maximum atomic E-state index is 10.7. The molecule has 17 heavy (non-hydrogen) atoms. The van der Waals surface area contributed by atoms with Crippen LogP contribution in [0, 0.1) is 15.5 Å². The fourth-order valence-corrected chi connectivity index (χ4v) is 1.99. The predicted octanol–water partition coefficient (Wildman–Crippen LogP) is 2.17. The average Bonchev–Trinajstić information content (AvgIpc) is 2.23. The molecule has 0 spiro atoms. The van der Waals surface area contributed by atoms with Crippen LogP contribution < -0.4 is 11.1 Å². The highest BCUT2D eigenvalue weighted by Crippen LogP contribution is 2.40. The molecule has 3 N–H and O–H groups in total. The minimum absolute atomic E-state index is 0.0289. The molecule has 0 saturated heterocycles. The molecule has 0 aromatic carbocycles. The summed E-state index contributed by atoms with van der Waals surface area (Å²) in [6.45, 7) is 2.98. The number of anilines is 2. The highest BCUT2D eigenvalue weighted by molar-refractivity contribution is 5.52. The van der Waals surface area contributed by atoms with Crippen LogP contribution in [0.1, 0.15) is 26.2 Å². The largest absolute Gasteiger partial charge is 0.383 e. The molecule has 0 radical (unpaired) electrons. The molecule has 0 aliphatic heterocycles. The Labute approximate surface area is 99.4 Å². The van der Waals surface area contributed by atoms with E-state index in [-0.39, 0.29) is 11.5 Å². The summed E-state index contributed by atoms with van der Waals surface area (Å²) < 4.78 is 0. The summed E-state index contributed by atoms with van der Waals surface area (Å²) in [5.41, 5.74) is 5.79. The Hall–Kier alpha value is -1.85. The molecule has 1 aliphatic rings. The first kappa shape index (κ1) is 11.6. The van der Waals surface area contributed by atoms with Crippen molar-refractivity contribution in [2.45, 2.75) is 26.2 Å². The van der Waals surface area contributed by atoms with Gasteiger partial charge in [0.25, 0.3) is 5.69 Å². The van der Waals surface area contributed by atoms with Crippen molar-refractivity contribution in [3.05, 3.63) is 22.2 Å². The van der Waals surface area contributed by atoms with Gasteiger partial charge in [0.2, 0.25) is 0 Å². The van der Waals surface area contributed by atoms with E-state index in [9.17, 15) is 10.1 Å². The van der Waals surface area contributed by atoms with E-state index in [1.807, 2.05) is 0 Å². The summed E-state index contributed by atoms with van der Waals surface area (Å²) in [6, 6.07) is 2.68. The lowest BCUT2D eigenvalue weighted by molar-refractivity contribution is -0.384. The smallest absolute Gasteiger partial charge is 0.276 e. The van der Waals surface area contributed by atoms with E-state index in [2.05, 4.69) is 17.2 Å². The first-order valence-electron chi connectivity index (χ1n) is 5.64. The monoisotopic (exact) mass is 236 g/mol. The lowest BCUT2D eigenvalue weighted by Gasteiger charge is -2.38. The number of nitrogens with two attached hydrogens (primary N) is 1.